The van der Waals surface area contributed by atoms with Crippen molar-refractivity contribution in [2.45, 2.75) is 63.7 Å². The van der Waals surface area contributed by atoms with E-state index in [0.29, 0.717) is 17.4 Å². The molecular formula is C20H24O2. The molecule has 0 heterocycles. The van der Waals surface area contributed by atoms with Crippen molar-refractivity contribution in [1.29, 1.82) is 0 Å². The molecule has 0 amide bonds. The minimum atomic E-state index is 0.0508. The molecule has 0 aromatic heterocycles. The molecule has 0 saturated heterocycles. The van der Waals surface area contributed by atoms with Crippen molar-refractivity contribution in [3.05, 3.63) is 34.9 Å². The molecule has 2 aliphatic rings. The zero-order chi connectivity index (χ0) is 15.5. The van der Waals surface area contributed by atoms with Crippen molar-refractivity contribution in [3.63, 3.8) is 0 Å². The van der Waals surface area contributed by atoms with Crippen LogP contribution in [0.15, 0.2) is 18.2 Å². The molecule has 116 valence electrons. The highest BCUT2D eigenvalue weighted by atomic mass is 16.3. The fraction of sp³-hybridized carbons (Fsp3) is 0.500. The fourth-order valence-electron chi connectivity index (χ4n) is 4.89. The molecule has 2 N–H and O–H groups in total. The average Bonchev–Trinajstić information content (AvgIpc) is 3.04. The Balaban J connectivity index is 2.03. The summed E-state index contributed by atoms with van der Waals surface area (Å²) in [6.07, 6.45) is 6.54. The van der Waals surface area contributed by atoms with Gasteiger partial charge in [-0.1, -0.05) is 38.5 Å². The summed E-state index contributed by atoms with van der Waals surface area (Å²) in [5.41, 5.74) is 3.29. The smallest absolute Gasteiger partial charge is 0.127 e. The van der Waals surface area contributed by atoms with E-state index >= 15 is 0 Å². The van der Waals surface area contributed by atoms with Crippen molar-refractivity contribution >= 4 is 10.8 Å². The Morgan fingerprint density at radius 1 is 1.23 bits per heavy atom. The lowest BCUT2D eigenvalue weighted by Gasteiger charge is -2.27. The van der Waals surface area contributed by atoms with Gasteiger partial charge in [-0.05, 0) is 49.0 Å². The van der Waals surface area contributed by atoms with Crippen LogP contribution in [0.4, 0.5) is 0 Å². The largest absolute Gasteiger partial charge is 0.507 e. The molecule has 4 rings (SSSR count). The van der Waals surface area contributed by atoms with Gasteiger partial charge >= 0.3 is 0 Å². The average molecular weight is 296 g/mol. The molecule has 0 radical (unpaired) electrons. The van der Waals surface area contributed by atoms with Crippen LogP contribution in [0.2, 0.25) is 0 Å². The number of aromatic hydroxyl groups is 2. The van der Waals surface area contributed by atoms with Crippen molar-refractivity contribution in [2.24, 2.45) is 0 Å². The maximum absolute atomic E-state index is 11.0. The number of fused-ring (bicyclic) bond motifs is 6. The first kappa shape index (κ1) is 13.9. The van der Waals surface area contributed by atoms with Crippen LogP contribution < -0.4 is 0 Å². The van der Waals surface area contributed by atoms with Crippen LogP contribution >= 0.6 is 0 Å². The van der Waals surface area contributed by atoms with E-state index in [-0.39, 0.29) is 5.41 Å². The van der Waals surface area contributed by atoms with Gasteiger partial charge in [-0.15, -0.1) is 0 Å². The summed E-state index contributed by atoms with van der Waals surface area (Å²) in [5, 5.41) is 23.6. The van der Waals surface area contributed by atoms with Gasteiger partial charge in [0.2, 0.25) is 0 Å². The molecule has 0 aliphatic heterocycles. The molecule has 2 bridgehead atoms. The SMILES string of the molecule is CCCCc1cccc2c(O)c3c(c(O)c12)C1CCC3(C)C1. The first-order valence-electron chi connectivity index (χ1n) is 8.56. The molecule has 2 atom stereocenters. The number of phenolic OH excluding ortho intramolecular Hbond substituents is 2. The molecular weight excluding hydrogens is 272 g/mol. The second kappa shape index (κ2) is 4.65. The van der Waals surface area contributed by atoms with E-state index in [1.165, 1.54) is 5.56 Å². The number of hydrogen-bond acceptors (Lipinski definition) is 2. The van der Waals surface area contributed by atoms with Crippen LogP contribution in [0.1, 0.15) is 68.6 Å². The summed E-state index contributed by atoms with van der Waals surface area (Å²) in [6.45, 7) is 4.42. The summed E-state index contributed by atoms with van der Waals surface area (Å²) in [5.74, 6) is 1.29. The Morgan fingerprint density at radius 3 is 2.82 bits per heavy atom. The molecule has 2 nitrogen and oxygen atoms in total. The van der Waals surface area contributed by atoms with Gasteiger partial charge in [0.05, 0.1) is 0 Å². The monoisotopic (exact) mass is 296 g/mol. The first-order valence-corrected chi connectivity index (χ1v) is 8.56. The zero-order valence-corrected chi connectivity index (χ0v) is 13.4. The van der Waals surface area contributed by atoms with Crippen LogP contribution in [0, 0.1) is 0 Å². The van der Waals surface area contributed by atoms with Crippen molar-refractivity contribution in [2.75, 3.05) is 0 Å². The molecule has 2 aromatic rings. The second-order valence-electron chi connectivity index (χ2n) is 7.43. The molecule has 2 unspecified atom stereocenters. The number of hydrogen-bond donors (Lipinski definition) is 2. The summed E-state index contributed by atoms with van der Waals surface area (Å²) in [6, 6.07) is 6.06. The van der Waals surface area contributed by atoms with E-state index in [1.54, 1.807) is 0 Å². The van der Waals surface area contributed by atoms with Crippen LogP contribution in [0.5, 0.6) is 11.5 Å². The Labute approximate surface area is 131 Å². The highest BCUT2D eigenvalue weighted by molar-refractivity contribution is 5.99. The van der Waals surface area contributed by atoms with Gasteiger partial charge in [0.15, 0.2) is 0 Å². The van der Waals surface area contributed by atoms with Gasteiger partial charge in [0.1, 0.15) is 11.5 Å². The van der Waals surface area contributed by atoms with Crippen molar-refractivity contribution in [3.8, 4) is 11.5 Å². The fourth-order valence-corrected chi connectivity index (χ4v) is 4.89. The minimum Gasteiger partial charge on any atom is -0.507 e. The zero-order valence-electron chi connectivity index (χ0n) is 13.4. The Kier molecular flexibility index (Phi) is 2.94. The van der Waals surface area contributed by atoms with E-state index in [9.17, 15) is 10.2 Å². The van der Waals surface area contributed by atoms with Crippen LogP contribution in [-0.4, -0.2) is 10.2 Å². The standard InChI is InChI=1S/C20H24O2/c1-3-4-6-12-7-5-8-14-15(12)19(22)16-13-9-10-20(2,11-13)17(16)18(14)21/h5,7-8,13,21-22H,3-4,6,9-11H2,1-2H3. The number of benzene rings is 2. The van der Waals surface area contributed by atoms with E-state index in [4.69, 9.17) is 0 Å². The first-order chi connectivity index (χ1) is 10.6. The molecule has 2 aliphatic carbocycles. The summed E-state index contributed by atoms with van der Waals surface area (Å²) < 4.78 is 0. The third kappa shape index (κ3) is 1.67. The lowest BCUT2D eigenvalue weighted by Crippen LogP contribution is -2.16. The third-order valence-corrected chi connectivity index (χ3v) is 5.96. The quantitative estimate of drug-likeness (QED) is 0.771. The van der Waals surface area contributed by atoms with E-state index in [2.05, 4.69) is 19.9 Å². The van der Waals surface area contributed by atoms with E-state index < -0.39 is 0 Å². The van der Waals surface area contributed by atoms with Crippen molar-refractivity contribution < 1.29 is 10.2 Å². The highest BCUT2D eigenvalue weighted by Gasteiger charge is 2.49. The normalized spacial score (nSPS) is 25.8. The van der Waals surface area contributed by atoms with Gasteiger partial charge in [0, 0.05) is 21.9 Å². The molecule has 0 spiro atoms. The van der Waals surface area contributed by atoms with Gasteiger partial charge in [0.25, 0.3) is 0 Å². The summed E-state index contributed by atoms with van der Waals surface area (Å²) in [7, 11) is 0. The number of phenols is 2. The molecule has 1 fully saturated rings. The third-order valence-electron chi connectivity index (χ3n) is 5.96. The Bertz CT molecular complexity index is 762. The predicted octanol–water partition coefficient (Wildman–Crippen LogP) is 5.13. The number of aryl methyl sites for hydroxylation is 1. The lowest BCUT2D eigenvalue weighted by atomic mass is 9.78. The maximum atomic E-state index is 11.0. The van der Waals surface area contributed by atoms with Gasteiger partial charge in [-0.25, -0.2) is 0 Å². The Hall–Kier alpha value is -1.70. The molecule has 2 heteroatoms. The second-order valence-corrected chi connectivity index (χ2v) is 7.43. The Morgan fingerprint density at radius 2 is 2.05 bits per heavy atom. The van der Waals surface area contributed by atoms with E-state index in [1.807, 2.05) is 12.1 Å². The molecule has 1 saturated carbocycles. The van der Waals surface area contributed by atoms with Crippen molar-refractivity contribution in [1.82, 2.24) is 0 Å². The number of unbranched alkanes of at least 4 members (excludes halogenated alkanes) is 1. The minimum absolute atomic E-state index is 0.0508. The maximum Gasteiger partial charge on any atom is 0.127 e. The van der Waals surface area contributed by atoms with Crippen LogP contribution in [-0.2, 0) is 11.8 Å². The summed E-state index contributed by atoms with van der Waals surface area (Å²) in [4.78, 5) is 0. The highest BCUT2D eigenvalue weighted by Crippen LogP contribution is 2.63. The van der Waals surface area contributed by atoms with Gasteiger partial charge < -0.3 is 10.2 Å². The summed E-state index contributed by atoms with van der Waals surface area (Å²) >= 11 is 0. The van der Waals surface area contributed by atoms with E-state index in [0.717, 1.165) is 60.4 Å². The van der Waals surface area contributed by atoms with Gasteiger partial charge in [-0.3, -0.25) is 0 Å². The predicted molar refractivity (Wildman–Crippen MR) is 89.8 cm³/mol. The molecule has 22 heavy (non-hydrogen) atoms. The topological polar surface area (TPSA) is 40.5 Å². The van der Waals surface area contributed by atoms with Crippen LogP contribution in [0.25, 0.3) is 10.8 Å². The van der Waals surface area contributed by atoms with Gasteiger partial charge in [-0.2, -0.15) is 0 Å². The lowest BCUT2D eigenvalue weighted by molar-refractivity contribution is 0.427. The van der Waals surface area contributed by atoms with Crippen LogP contribution in [0.3, 0.4) is 0 Å². The molecule has 2 aromatic carbocycles. The number of rotatable bonds is 3.